The Hall–Kier alpha value is -4.06. The molecule has 2 fully saturated rings. The van der Waals surface area contributed by atoms with Gasteiger partial charge in [-0.3, -0.25) is 14.2 Å². The zero-order valence-electron chi connectivity index (χ0n) is 21.8. The Balaban J connectivity index is 1.44. The summed E-state index contributed by atoms with van der Waals surface area (Å²) in [6, 6.07) is 7.91. The molecule has 1 aromatic carbocycles. The van der Waals surface area contributed by atoms with Crippen molar-refractivity contribution in [2.24, 2.45) is 7.05 Å². The van der Waals surface area contributed by atoms with Gasteiger partial charge < -0.3 is 24.4 Å². The minimum Gasteiger partial charge on any atom is -0.378 e. The number of carbonyl (C=O) groups excluding carboxylic acids is 2. The van der Waals surface area contributed by atoms with E-state index in [4.69, 9.17) is 24.7 Å². The number of nitrogens with one attached hydrogen (secondary N) is 1. The summed E-state index contributed by atoms with van der Waals surface area (Å²) in [5.41, 5.74) is 2.97. The highest BCUT2D eigenvalue weighted by molar-refractivity contribution is 5.97. The van der Waals surface area contributed by atoms with Gasteiger partial charge in [0.25, 0.3) is 5.91 Å². The summed E-state index contributed by atoms with van der Waals surface area (Å²) in [5.74, 6) is 2.13. The highest BCUT2D eigenvalue weighted by Gasteiger charge is 2.35. The Bertz CT molecular complexity index is 1530. The quantitative estimate of drug-likeness (QED) is 0.408. The van der Waals surface area contributed by atoms with Crippen molar-refractivity contribution < 1.29 is 14.3 Å². The molecule has 1 N–H and O–H groups in total. The summed E-state index contributed by atoms with van der Waals surface area (Å²) in [6.07, 6.45) is 1.13. The van der Waals surface area contributed by atoms with Gasteiger partial charge in [0.15, 0.2) is 17.0 Å². The van der Waals surface area contributed by atoms with E-state index in [0.29, 0.717) is 81.0 Å². The number of imidazole rings is 2. The first-order valence-corrected chi connectivity index (χ1v) is 13.1. The third-order valence-corrected chi connectivity index (χ3v) is 7.19. The Morgan fingerprint density at radius 1 is 1.05 bits per heavy atom. The Kier molecular flexibility index (Phi) is 6.18. The van der Waals surface area contributed by atoms with Gasteiger partial charge >= 0.3 is 0 Å². The second kappa shape index (κ2) is 9.67. The number of nitrogens with zero attached hydrogens (tertiary/aromatic N) is 8. The summed E-state index contributed by atoms with van der Waals surface area (Å²) < 4.78 is 9.31. The largest absolute Gasteiger partial charge is 0.378 e. The number of carbonyl (C=O) groups is 2. The van der Waals surface area contributed by atoms with Gasteiger partial charge in [-0.15, -0.1) is 0 Å². The number of aryl methyl sites for hydroxylation is 2. The first-order chi connectivity index (χ1) is 18.5. The van der Waals surface area contributed by atoms with Gasteiger partial charge in [0, 0.05) is 46.1 Å². The van der Waals surface area contributed by atoms with E-state index < -0.39 is 0 Å². The van der Waals surface area contributed by atoms with Crippen LogP contribution in [-0.4, -0.2) is 91.2 Å². The molecule has 12 nitrogen and oxygen atoms in total. The summed E-state index contributed by atoms with van der Waals surface area (Å²) in [7, 11) is 1.81. The number of fused-ring (bicyclic) bond motifs is 2. The predicted octanol–water partition coefficient (Wildman–Crippen LogP) is 1.45. The summed E-state index contributed by atoms with van der Waals surface area (Å²) in [5, 5.41) is 2.93. The molecule has 38 heavy (non-hydrogen) atoms. The zero-order chi connectivity index (χ0) is 26.4. The molecular weight excluding hydrogens is 486 g/mol. The molecule has 0 atom stereocenters. The number of aromatic nitrogens is 6. The molecule has 198 valence electrons. The predicted molar refractivity (Wildman–Crippen MR) is 141 cm³/mol. The van der Waals surface area contributed by atoms with Gasteiger partial charge in [-0.05, 0) is 12.1 Å². The number of hydrogen-bond donors (Lipinski definition) is 1. The molecule has 2 aliphatic heterocycles. The van der Waals surface area contributed by atoms with Crippen molar-refractivity contribution >= 4 is 39.8 Å². The molecule has 0 aliphatic carbocycles. The Morgan fingerprint density at radius 3 is 2.55 bits per heavy atom. The molecule has 0 spiro atoms. The number of rotatable bonds is 6. The van der Waals surface area contributed by atoms with Crippen molar-refractivity contribution in [1.29, 1.82) is 0 Å². The molecule has 2 saturated heterocycles. The molecule has 0 saturated carbocycles. The van der Waals surface area contributed by atoms with Gasteiger partial charge in [0.05, 0.1) is 30.3 Å². The fourth-order valence-electron chi connectivity index (χ4n) is 5.07. The van der Waals surface area contributed by atoms with E-state index >= 15 is 0 Å². The number of morpholine rings is 1. The fraction of sp³-hybridized carbons (Fsp3) is 0.462. The second-order valence-electron chi connectivity index (χ2n) is 9.65. The average Bonchev–Trinajstić information content (AvgIpc) is 3.47. The molecule has 6 rings (SSSR count). The second-order valence-corrected chi connectivity index (χ2v) is 9.65. The molecule has 2 amide bonds. The SMILES string of the molecule is CCC(=O)NC1CN(C(=O)c2nc3c(N4CCOCC4)nc(-n4c(CC)nc5ccccc54)nc3n2C)C1. The maximum Gasteiger partial charge on any atom is 0.290 e. The standard InChI is InChI=1S/C26H31N9O3/c1-4-19-28-17-8-6-7-9-18(17)35(19)26-30-22-21(23(31-26)33-10-12-38-13-11-33)29-24(32(22)3)25(37)34-14-16(15-34)27-20(36)5-2/h6-9,16H,4-5,10-15H2,1-3H3,(H,27,36). The minimum atomic E-state index is -0.190. The first-order valence-electron chi connectivity index (χ1n) is 13.1. The Labute approximate surface area is 219 Å². The number of likely N-dealkylation sites (tertiary alicyclic amines) is 1. The normalized spacial score (nSPS) is 16.3. The number of ether oxygens (including phenoxy) is 1. The van der Waals surface area contributed by atoms with Gasteiger partial charge in [0.1, 0.15) is 5.82 Å². The summed E-state index contributed by atoms with van der Waals surface area (Å²) in [6.45, 7) is 7.31. The highest BCUT2D eigenvalue weighted by atomic mass is 16.5. The smallest absolute Gasteiger partial charge is 0.290 e. The van der Waals surface area contributed by atoms with E-state index in [2.05, 4.69) is 17.1 Å². The monoisotopic (exact) mass is 517 g/mol. The van der Waals surface area contributed by atoms with Gasteiger partial charge in [-0.25, -0.2) is 9.97 Å². The van der Waals surface area contributed by atoms with Crippen LogP contribution >= 0.6 is 0 Å². The van der Waals surface area contributed by atoms with E-state index in [1.165, 1.54) is 0 Å². The number of para-hydroxylation sites is 2. The zero-order valence-corrected chi connectivity index (χ0v) is 21.8. The minimum absolute atomic E-state index is 0.0127. The van der Waals surface area contributed by atoms with E-state index in [1.54, 1.807) is 9.47 Å². The topological polar surface area (TPSA) is 123 Å². The van der Waals surface area contributed by atoms with Gasteiger partial charge in [-0.1, -0.05) is 26.0 Å². The van der Waals surface area contributed by atoms with Crippen LogP contribution in [0.1, 0.15) is 36.7 Å². The van der Waals surface area contributed by atoms with E-state index in [9.17, 15) is 9.59 Å². The lowest BCUT2D eigenvalue weighted by atomic mass is 10.1. The van der Waals surface area contributed by atoms with Crippen LogP contribution in [0.4, 0.5) is 5.82 Å². The molecule has 12 heteroatoms. The third-order valence-electron chi connectivity index (χ3n) is 7.19. The van der Waals surface area contributed by atoms with Crippen molar-refractivity contribution in [2.45, 2.75) is 32.7 Å². The van der Waals surface area contributed by atoms with Crippen LogP contribution in [0.5, 0.6) is 0 Å². The molecule has 4 aromatic rings. The van der Waals surface area contributed by atoms with Crippen LogP contribution in [0.25, 0.3) is 28.1 Å². The molecule has 0 radical (unpaired) electrons. The van der Waals surface area contributed by atoms with Crippen LogP contribution < -0.4 is 10.2 Å². The fourth-order valence-corrected chi connectivity index (χ4v) is 5.07. The third kappa shape index (κ3) is 4.05. The molecule has 0 unspecified atom stereocenters. The van der Waals surface area contributed by atoms with Crippen molar-refractivity contribution in [1.82, 2.24) is 39.3 Å². The van der Waals surface area contributed by atoms with Crippen molar-refractivity contribution in [3.05, 3.63) is 35.9 Å². The van der Waals surface area contributed by atoms with Gasteiger partial charge in [0.2, 0.25) is 17.7 Å². The maximum absolute atomic E-state index is 13.4. The van der Waals surface area contributed by atoms with Crippen molar-refractivity contribution in [3.8, 4) is 5.95 Å². The van der Waals surface area contributed by atoms with Crippen molar-refractivity contribution in [3.63, 3.8) is 0 Å². The van der Waals surface area contributed by atoms with E-state index in [-0.39, 0.29) is 17.9 Å². The lowest BCUT2D eigenvalue weighted by Crippen LogP contribution is -2.61. The van der Waals surface area contributed by atoms with Crippen molar-refractivity contribution in [2.75, 3.05) is 44.3 Å². The molecule has 5 heterocycles. The maximum atomic E-state index is 13.4. The number of amides is 2. The molecule has 0 bridgehead atoms. The molecule has 2 aliphatic rings. The lowest BCUT2D eigenvalue weighted by Gasteiger charge is -2.39. The van der Waals surface area contributed by atoms with E-state index in [1.807, 2.05) is 42.8 Å². The highest BCUT2D eigenvalue weighted by Crippen LogP contribution is 2.29. The molecular formula is C26H31N9O3. The van der Waals surface area contributed by atoms with Crippen LogP contribution in [-0.2, 0) is 23.0 Å². The number of hydrogen-bond acceptors (Lipinski definition) is 8. The Morgan fingerprint density at radius 2 is 1.82 bits per heavy atom. The number of anilines is 1. The van der Waals surface area contributed by atoms with Crippen LogP contribution in [0.3, 0.4) is 0 Å². The van der Waals surface area contributed by atoms with Crippen LogP contribution in [0, 0.1) is 0 Å². The van der Waals surface area contributed by atoms with Crippen LogP contribution in [0.2, 0.25) is 0 Å². The number of benzene rings is 1. The summed E-state index contributed by atoms with van der Waals surface area (Å²) >= 11 is 0. The average molecular weight is 518 g/mol. The summed E-state index contributed by atoms with van der Waals surface area (Å²) in [4.78, 5) is 48.5. The van der Waals surface area contributed by atoms with Gasteiger partial charge in [-0.2, -0.15) is 9.97 Å². The van der Waals surface area contributed by atoms with E-state index in [0.717, 1.165) is 16.9 Å². The van der Waals surface area contributed by atoms with Crippen LogP contribution in [0.15, 0.2) is 24.3 Å². The molecule has 3 aromatic heterocycles. The lowest BCUT2D eigenvalue weighted by molar-refractivity contribution is -0.122. The first kappa shape index (κ1) is 24.3.